The Bertz CT molecular complexity index is 274. The van der Waals surface area contributed by atoms with Gasteiger partial charge in [-0.1, -0.05) is 5.04 Å². The lowest BCUT2D eigenvalue weighted by Gasteiger charge is -2.12. The van der Waals surface area contributed by atoms with E-state index in [4.69, 9.17) is 0 Å². The molecule has 96 valence electrons. The number of hydrogen-bond donors (Lipinski definition) is 0. The molecule has 17 heavy (non-hydrogen) atoms. The summed E-state index contributed by atoms with van der Waals surface area (Å²) in [7, 11) is 0. The van der Waals surface area contributed by atoms with Crippen LogP contribution in [-0.2, 0) is 34.0 Å². The van der Waals surface area contributed by atoms with Crippen molar-refractivity contribution in [3.63, 3.8) is 0 Å². The van der Waals surface area contributed by atoms with Crippen molar-refractivity contribution in [2.45, 2.75) is 39.9 Å². The second kappa shape index (κ2) is 7.00. The fourth-order valence-electron chi connectivity index (χ4n) is 0.945. The molecule has 0 bridgehead atoms. The van der Waals surface area contributed by atoms with Crippen molar-refractivity contribution >= 4 is 23.1 Å². The third-order valence-electron chi connectivity index (χ3n) is 1.75. The van der Waals surface area contributed by atoms with E-state index in [1.807, 2.05) is 0 Å². The van der Waals surface area contributed by atoms with Crippen LogP contribution >= 0.6 is 0 Å². The molecule has 0 aromatic heterocycles. The highest BCUT2D eigenvalue weighted by molar-refractivity contribution is 6.03. The third kappa shape index (κ3) is 5.43. The predicted octanol–water partition coefficient (Wildman–Crippen LogP) is -0.0406. The molecule has 0 radical (unpaired) electrons. The number of carbonyl (C=O) groups is 4. The maximum absolute atomic E-state index is 10.9. The van der Waals surface area contributed by atoms with Crippen LogP contribution < -0.4 is 0 Å². The molecular weight excluding hydrogens is 232 g/mol. The van der Waals surface area contributed by atoms with Gasteiger partial charge in [-0.2, -0.15) is 9.78 Å². The first-order valence-corrected chi connectivity index (χ1v) is 4.78. The summed E-state index contributed by atoms with van der Waals surface area (Å²) in [5.74, 6) is -2.32. The van der Waals surface area contributed by atoms with E-state index < -0.39 is 35.3 Å². The van der Waals surface area contributed by atoms with Gasteiger partial charge in [0.15, 0.2) is 23.1 Å². The van der Waals surface area contributed by atoms with E-state index in [0.717, 1.165) is 27.7 Å². The van der Waals surface area contributed by atoms with Crippen LogP contribution in [0.15, 0.2) is 0 Å². The summed E-state index contributed by atoms with van der Waals surface area (Å²) in [5, 5.41) is 4.12. The summed E-state index contributed by atoms with van der Waals surface area (Å²) in [4.78, 5) is 52.4. The lowest BCUT2D eigenvalue weighted by Crippen LogP contribution is -2.33. The van der Waals surface area contributed by atoms with E-state index in [0.29, 0.717) is 0 Å². The minimum absolute atomic E-state index is 0.580. The van der Waals surface area contributed by atoms with Gasteiger partial charge in [-0.15, -0.1) is 0 Å². The number of ketones is 4. The van der Waals surface area contributed by atoms with E-state index in [1.54, 1.807) is 0 Å². The van der Waals surface area contributed by atoms with Crippen LogP contribution in [-0.4, -0.2) is 35.3 Å². The average Bonchev–Trinajstić information content (AvgIpc) is 2.14. The van der Waals surface area contributed by atoms with Crippen LogP contribution in [0.2, 0.25) is 0 Å². The highest BCUT2D eigenvalue weighted by Crippen LogP contribution is 2.02. The second-order valence-electron chi connectivity index (χ2n) is 3.46. The number of rotatable bonds is 8. The van der Waals surface area contributed by atoms with E-state index in [9.17, 15) is 19.2 Å². The Morgan fingerprint density at radius 2 is 0.882 bits per heavy atom. The summed E-state index contributed by atoms with van der Waals surface area (Å²) < 4.78 is 0. The van der Waals surface area contributed by atoms with Gasteiger partial charge in [0.2, 0.25) is 12.2 Å². The molecule has 0 unspecified atom stereocenters. The van der Waals surface area contributed by atoms with E-state index in [1.165, 1.54) is 0 Å². The first-order chi connectivity index (χ1) is 7.77. The van der Waals surface area contributed by atoms with Crippen molar-refractivity contribution in [3.8, 4) is 0 Å². The molecule has 0 fully saturated rings. The van der Waals surface area contributed by atoms with E-state index in [2.05, 4.69) is 14.8 Å². The molecule has 0 heterocycles. The van der Waals surface area contributed by atoms with Gasteiger partial charge in [0.05, 0.1) is 0 Å². The second-order valence-corrected chi connectivity index (χ2v) is 3.46. The van der Waals surface area contributed by atoms with Gasteiger partial charge in [-0.05, 0) is 27.7 Å². The van der Waals surface area contributed by atoms with Crippen LogP contribution in [0, 0.1) is 0 Å². The van der Waals surface area contributed by atoms with Crippen LogP contribution in [0.3, 0.4) is 0 Å². The van der Waals surface area contributed by atoms with Gasteiger partial charge in [-0.25, -0.2) is 0 Å². The lowest BCUT2D eigenvalue weighted by atomic mass is 10.2. The number of Topliss-reactive ketones (excluding diaryl/α,β-unsaturated/α-hetero) is 4. The molecule has 0 amide bonds. The Hall–Kier alpha value is -1.44. The zero-order valence-electron chi connectivity index (χ0n) is 10.0. The van der Waals surface area contributed by atoms with Crippen molar-refractivity contribution in [1.29, 1.82) is 0 Å². The maximum atomic E-state index is 10.9. The largest absolute Gasteiger partial charge is 0.296 e. The Balaban J connectivity index is 4.29. The first-order valence-electron chi connectivity index (χ1n) is 4.78. The van der Waals surface area contributed by atoms with Crippen molar-refractivity contribution in [3.05, 3.63) is 0 Å². The summed E-state index contributed by atoms with van der Waals surface area (Å²) in [6, 6.07) is 0. The molecule has 0 saturated carbocycles. The fraction of sp³-hybridized carbons (Fsp3) is 0.600. The molecule has 0 aromatic carbocycles. The Morgan fingerprint density at radius 3 is 1.06 bits per heavy atom. The molecule has 7 heteroatoms. The standard InChI is InChI=1S/C10H14O7/c1-5(11)9(6(2)12)15-17-16-10(7(3)13)8(4)14/h9-10H,1-4H3. The van der Waals surface area contributed by atoms with Crippen LogP contribution in [0.25, 0.3) is 0 Å². The normalized spacial score (nSPS) is 10.7. The zero-order valence-corrected chi connectivity index (χ0v) is 10.0. The fourth-order valence-corrected chi connectivity index (χ4v) is 0.945. The summed E-state index contributed by atoms with van der Waals surface area (Å²) >= 11 is 0. The minimum atomic E-state index is -1.44. The molecule has 0 aromatic rings. The minimum Gasteiger partial charge on any atom is -0.296 e. The zero-order chi connectivity index (χ0) is 13.6. The van der Waals surface area contributed by atoms with Gasteiger partial charge < -0.3 is 0 Å². The van der Waals surface area contributed by atoms with Gasteiger partial charge in [0, 0.05) is 0 Å². The van der Waals surface area contributed by atoms with Gasteiger partial charge in [-0.3, -0.25) is 19.2 Å². The molecule has 7 nitrogen and oxygen atoms in total. The highest BCUT2D eigenvalue weighted by Gasteiger charge is 2.25. The number of hydrogen-bond acceptors (Lipinski definition) is 7. The third-order valence-corrected chi connectivity index (χ3v) is 1.75. The Labute approximate surface area is 97.9 Å². The molecule has 0 rings (SSSR count). The quantitative estimate of drug-likeness (QED) is 0.337. The smallest absolute Gasteiger partial charge is 0.211 e. The Morgan fingerprint density at radius 1 is 0.647 bits per heavy atom. The van der Waals surface area contributed by atoms with Gasteiger partial charge in [0.25, 0.3) is 0 Å². The van der Waals surface area contributed by atoms with Crippen molar-refractivity contribution in [2.75, 3.05) is 0 Å². The summed E-state index contributed by atoms with van der Waals surface area (Å²) in [6.45, 7) is 4.51. The first kappa shape index (κ1) is 15.6. The molecule has 0 spiro atoms. The van der Waals surface area contributed by atoms with E-state index >= 15 is 0 Å². The topological polar surface area (TPSA) is 96.0 Å². The van der Waals surface area contributed by atoms with Gasteiger partial charge in [0.1, 0.15) is 0 Å². The molecule has 0 aliphatic heterocycles. The maximum Gasteiger partial charge on any atom is 0.211 e. The molecular formula is C10H14O7. The van der Waals surface area contributed by atoms with Crippen molar-refractivity contribution in [2.24, 2.45) is 0 Å². The average molecular weight is 246 g/mol. The molecule has 0 saturated heterocycles. The Kier molecular flexibility index (Phi) is 6.40. The molecule has 0 atom stereocenters. The monoisotopic (exact) mass is 246 g/mol. The van der Waals surface area contributed by atoms with E-state index in [-0.39, 0.29) is 0 Å². The van der Waals surface area contributed by atoms with Crippen LogP contribution in [0.4, 0.5) is 0 Å². The summed E-state index contributed by atoms with van der Waals surface area (Å²) in [6.07, 6.45) is -2.87. The molecule has 0 aliphatic carbocycles. The van der Waals surface area contributed by atoms with Crippen molar-refractivity contribution < 1.29 is 34.0 Å². The van der Waals surface area contributed by atoms with Crippen molar-refractivity contribution in [1.82, 2.24) is 0 Å². The SMILES string of the molecule is CC(=O)C(OOOC(C(C)=O)C(C)=O)C(C)=O. The lowest BCUT2D eigenvalue weighted by molar-refractivity contribution is -0.520. The predicted molar refractivity (Wildman–Crippen MR) is 53.6 cm³/mol. The molecule has 0 N–H and O–H groups in total. The molecule has 0 aliphatic rings. The highest BCUT2D eigenvalue weighted by atomic mass is 17.5. The number of carbonyl (C=O) groups excluding carboxylic acids is 4. The van der Waals surface area contributed by atoms with Crippen LogP contribution in [0.1, 0.15) is 27.7 Å². The van der Waals surface area contributed by atoms with Gasteiger partial charge >= 0.3 is 0 Å². The summed E-state index contributed by atoms with van der Waals surface area (Å²) in [5.41, 5.74) is 0. The van der Waals surface area contributed by atoms with Crippen LogP contribution in [0.5, 0.6) is 0 Å².